The normalized spacial score (nSPS) is 10.6. The number of rotatable bonds is 7. The van der Waals surface area contributed by atoms with E-state index >= 15 is 0 Å². The number of halogens is 1. The Balaban J connectivity index is 2.11. The molecule has 0 saturated carbocycles. The van der Waals surface area contributed by atoms with Gasteiger partial charge in [-0.05, 0) is 5.56 Å². The molecule has 92 valence electrons. The summed E-state index contributed by atoms with van der Waals surface area (Å²) in [6.07, 6.45) is 3.74. The molecule has 1 amide bonds. The van der Waals surface area contributed by atoms with E-state index in [1.807, 2.05) is 42.5 Å². The summed E-state index contributed by atoms with van der Waals surface area (Å²) in [4.78, 5) is 11.4. The first-order valence-electron chi connectivity index (χ1n) is 5.55. The molecule has 1 aromatic carbocycles. The topological polar surface area (TPSA) is 41.1 Å². The van der Waals surface area contributed by atoms with Gasteiger partial charge in [-0.3, -0.25) is 4.79 Å². The second kappa shape index (κ2) is 8.79. The van der Waals surface area contributed by atoms with E-state index in [4.69, 9.17) is 11.6 Å². The van der Waals surface area contributed by atoms with Crippen LogP contribution in [0.25, 0.3) is 0 Å². The minimum absolute atomic E-state index is 0.00636. The van der Waals surface area contributed by atoms with Gasteiger partial charge in [-0.1, -0.05) is 42.5 Å². The number of hydrogen-bond donors (Lipinski definition) is 2. The molecule has 0 spiro atoms. The van der Waals surface area contributed by atoms with Crippen LogP contribution in [0.2, 0.25) is 0 Å². The maximum absolute atomic E-state index is 11.4. The van der Waals surface area contributed by atoms with Crippen LogP contribution in [-0.2, 0) is 11.3 Å². The second-order valence-electron chi connectivity index (χ2n) is 3.52. The first-order chi connectivity index (χ1) is 8.33. The van der Waals surface area contributed by atoms with Crippen molar-refractivity contribution in [3.05, 3.63) is 48.0 Å². The molecular weight excluding hydrogens is 236 g/mol. The third-order valence-electron chi connectivity index (χ3n) is 2.14. The Kier molecular flexibility index (Phi) is 7.11. The maximum Gasteiger partial charge on any atom is 0.234 e. The summed E-state index contributed by atoms with van der Waals surface area (Å²) in [5.74, 6) is 0.496. The SMILES string of the molecule is O=C(CNC/C=C/CCl)NCc1ccccc1. The van der Waals surface area contributed by atoms with Crippen LogP contribution in [0, 0.1) is 0 Å². The summed E-state index contributed by atoms with van der Waals surface area (Å²) in [5.41, 5.74) is 1.10. The van der Waals surface area contributed by atoms with Gasteiger partial charge >= 0.3 is 0 Å². The van der Waals surface area contributed by atoms with E-state index in [1.165, 1.54) is 0 Å². The van der Waals surface area contributed by atoms with E-state index in [-0.39, 0.29) is 5.91 Å². The number of carbonyl (C=O) groups excluding carboxylic acids is 1. The Morgan fingerprint density at radius 1 is 1.24 bits per heavy atom. The van der Waals surface area contributed by atoms with Crippen molar-refractivity contribution >= 4 is 17.5 Å². The summed E-state index contributed by atoms with van der Waals surface area (Å²) in [6.45, 7) is 1.55. The van der Waals surface area contributed by atoms with Crippen LogP contribution in [0.1, 0.15) is 5.56 Å². The molecule has 1 rings (SSSR count). The first-order valence-corrected chi connectivity index (χ1v) is 6.08. The van der Waals surface area contributed by atoms with Crippen molar-refractivity contribution in [1.82, 2.24) is 10.6 Å². The van der Waals surface area contributed by atoms with Crippen molar-refractivity contribution in [2.45, 2.75) is 6.54 Å². The fourth-order valence-corrected chi connectivity index (χ4v) is 1.40. The number of hydrogen-bond acceptors (Lipinski definition) is 2. The predicted octanol–water partition coefficient (Wildman–Crippen LogP) is 1.69. The van der Waals surface area contributed by atoms with Crippen molar-refractivity contribution in [2.24, 2.45) is 0 Å². The van der Waals surface area contributed by atoms with Gasteiger partial charge in [-0.2, -0.15) is 0 Å². The smallest absolute Gasteiger partial charge is 0.234 e. The zero-order valence-corrected chi connectivity index (χ0v) is 10.4. The van der Waals surface area contributed by atoms with Crippen LogP contribution >= 0.6 is 11.6 Å². The van der Waals surface area contributed by atoms with Gasteiger partial charge in [0.25, 0.3) is 0 Å². The van der Waals surface area contributed by atoms with Crippen molar-refractivity contribution < 1.29 is 4.79 Å². The standard InChI is InChI=1S/C13H17ClN2O/c14-8-4-5-9-15-11-13(17)16-10-12-6-2-1-3-7-12/h1-7,15H,8-11H2,(H,16,17)/b5-4+. The summed E-state index contributed by atoms with van der Waals surface area (Å²) in [5, 5.41) is 5.84. The third-order valence-corrected chi connectivity index (χ3v) is 2.31. The molecule has 0 heterocycles. The number of nitrogens with one attached hydrogen (secondary N) is 2. The molecular formula is C13H17ClN2O. The number of benzene rings is 1. The monoisotopic (exact) mass is 252 g/mol. The minimum Gasteiger partial charge on any atom is -0.351 e. The zero-order valence-electron chi connectivity index (χ0n) is 9.66. The van der Waals surface area contributed by atoms with Gasteiger partial charge in [-0.15, -0.1) is 11.6 Å². The first kappa shape index (κ1) is 13.7. The highest BCUT2D eigenvalue weighted by Crippen LogP contribution is 1.96. The molecule has 17 heavy (non-hydrogen) atoms. The highest BCUT2D eigenvalue weighted by molar-refractivity contribution is 6.18. The van der Waals surface area contributed by atoms with Gasteiger partial charge < -0.3 is 10.6 Å². The highest BCUT2D eigenvalue weighted by atomic mass is 35.5. The Hall–Kier alpha value is -1.32. The Labute approximate surface area is 107 Å². The molecule has 0 aliphatic rings. The fourth-order valence-electron chi connectivity index (χ4n) is 1.27. The largest absolute Gasteiger partial charge is 0.351 e. The summed E-state index contributed by atoms with van der Waals surface area (Å²) in [7, 11) is 0. The van der Waals surface area contributed by atoms with Gasteiger partial charge in [0.2, 0.25) is 5.91 Å². The highest BCUT2D eigenvalue weighted by Gasteiger charge is 1.98. The Morgan fingerprint density at radius 2 is 2.00 bits per heavy atom. The average Bonchev–Trinajstić information content (AvgIpc) is 2.37. The van der Waals surface area contributed by atoms with Gasteiger partial charge in [0, 0.05) is 19.0 Å². The van der Waals surface area contributed by atoms with E-state index in [1.54, 1.807) is 0 Å². The lowest BCUT2D eigenvalue weighted by Gasteiger charge is -2.05. The van der Waals surface area contributed by atoms with Crippen molar-refractivity contribution in [3.8, 4) is 0 Å². The van der Waals surface area contributed by atoms with Gasteiger partial charge in [0.05, 0.1) is 6.54 Å². The van der Waals surface area contributed by atoms with E-state index in [2.05, 4.69) is 10.6 Å². The summed E-state index contributed by atoms with van der Waals surface area (Å²) in [6, 6.07) is 9.83. The molecule has 0 bridgehead atoms. The predicted molar refractivity (Wildman–Crippen MR) is 71.0 cm³/mol. The van der Waals surface area contributed by atoms with Crippen LogP contribution in [0.4, 0.5) is 0 Å². The molecule has 0 fully saturated rings. The Bertz CT molecular complexity index is 352. The van der Waals surface area contributed by atoms with Gasteiger partial charge in [0.15, 0.2) is 0 Å². The van der Waals surface area contributed by atoms with E-state index in [9.17, 15) is 4.79 Å². The molecule has 0 aliphatic carbocycles. The van der Waals surface area contributed by atoms with Gasteiger partial charge in [-0.25, -0.2) is 0 Å². The second-order valence-corrected chi connectivity index (χ2v) is 3.83. The zero-order chi connectivity index (χ0) is 12.3. The fraction of sp³-hybridized carbons (Fsp3) is 0.308. The van der Waals surface area contributed by atoms with Crippen molar-refractivity contribution in [3.63, 3.8) is 0 Å². The molecule has 0 radical (unpaired) electrons. The van der Waals surface area contributed by atoms with Gasteiger partial charge in [0.1, 0.15) is 0 Å². The molecule has 0 unspecified atom stereocenters. The minimum atomic E-state index is -0.00636. The average molecular weight is 253 g/mol. The molecule has 4 heteroatoms. The van der Waals surface area contributed by atoms with E-state index in [0.29, 0.717) is 25.5 Å². The molecule has 2 N–H and O–H groups in total. The molecule has 0 aliphatic heterocycles. The lowest BCUT2D eigenvalue weighted by Crippen LogP contribution is -2.33. The van der Waals surface area contributed by atoms with E-state index < -0.39 is 0 Å². The van der Waals surface area contributed by atoms with Crippen molar-refractivity contribution in [1.29, 1.82) is 0 Å². The summed E-state index contributed by atoms with van der Waals surface area (Å²) < 4.78 is 0. The van der Waals surface area contributed by atoms with Crippen LogP contribution in [0.3, 0.4) is 0 Å². The molecule has 1 aromatic rings. The van der Waals surface area contributed by atoms with Crippen LogP contribution in [-0.4, -0.2) is 24.9 Å². The van der Waals surface area contributed by atoms with E-state index in [0.717, 1.165) is 5.56 Å². The molecule has 0 aromatic heterocycles. The molecule has 3 nitrogen and oxygen atoms in total. The number of amides is 1. The van der Waals surface area contributed by atoms with Crippen LogP contribution < -0.4 is 10.6 Å². The molecule has 0 saturated heterocycles. The van der Waals surface area contributed by atoms with Crippen LogP contribution in [0.5, 0.6) is 0 Å². The molecule has 0 atom stereocenters. The third kappa shape index (κ3) is 6.76. The summed E-state index contributed by atoms with van der Waals surface area (Å²) >= 11 is 5.47. The van der Waals surface area contributed by atoms with Crippen LogP contribution in [0.15, 0.2) is 42.5 Å². The maximum atomic E-state index is 11.4. The lowest BCUT2D eigenvalue weighted by atomic mass is 10.2. The number of alkyl halides is 1. The Morgan fingerprint density at radius 3 is 2.71 bits per heavy atom. The lowest BCUT2D eigenvalue weighted by molar-refractivity contribution is -0.120. The quantitative estimate of drug-likeness (QED) is 0.441. The van der Waals surface area contributed by atoms with Crippen molar-refractivity contribution in [2.75, 3.05) is 19.0 Å². The number of allylic oxidation sites excluding steroid dienone is 1. The number of carbonyl (C=O) groups is 1.